The van der Waals surface area contributed by atoms with Gasteiger partial charge in [0, 0.05) is 13.2 Å². The fourth-order valence-corrected chi connectivity index (χ4v) is 2.78. The summed E-state index contributed by atoms with van der Waals surface area (Å²) in [5.41, 5.74) is 1.50. The molecule has 0 aliphatic carbocycles. The van der Waals surface area contributed by atoms with Crippen molar-refractivity contribution in [1.29, 1.82) is 0 Å². The lowest BCUT2D eigenvalue weighted by Crippen LogP contribution is -2.38. The molecule has 1 aromatic heterocycles. The van der Waals surface area contributed by atoms with E-state index < -0.39 is 11.8 Å². The average molecular weight is 333 g/mol. The van der Waals surface area contributed by atoms with Crippen molar-refractivity contribution in [2.24, 2.45) is 0 Å². The Morgan fingerprint density at radius 2 is 1.80 bits per heavy atom. The summed E-state index contributed by atoms with van der Waals surface area (Å²) in [6.07, 6.45) is 3.10. The van der Waals surface area contributed by atoms with E-state index >= 15 is 0 Å². The largest absolute Gasteiger partial charge is 0.331 e. The van der Waals surface area contributed by atoms with Crippen LogP contribution in [0.5, 0.6) is 0 Å². The first kappa shape index (κ1) is 16.6. The minimum atomic E-state index is -0.678. The predicted octanol–water partition coefficient (Wildman–Crippen LogP) is 3.39. The van der Waals surface area contributed by atoms with Gasteiger partial charge in [0.2, 0.25) is 0 Å². The fourth-order valence-electron chi connectivity index (χ4n) is 2.78. The van der Waals surface area contributed by atoms with Crippen LogP contribution in [0.1, 0.15) is 18.5 Å². The number of likely N-dealkylation sites (N-methyl/N-ethyl adjacent to an activating group) is 1. The van der Waals surface area contributed by atoms with Gasteiger partial charge in [-0.2, -0.15) is 0 Å². The van der Waals surface area contributed by atoms with Crippen molar-refractivity contribution in [3.8, 4) is 0 Å². The van der Waals surface area contributed by atoms with Gasteiger partial charge in [-0.25, -0.2) is 0 Å². The van der Waals surface area contributed by atoms with Gasteiger partial charge >= 0.3 is 11.8 Å². The summed E-state index contributed by atoms with van der Waals surface area (Å²) in [5, 5.41) is 4.75. The molecule has 0 unspecified atom stereocenters. The highest BCUT2D eigenvalue weighted by molar-refractivity contribution is 6.39. The molecule has 0 bridgehead atoms. The molecular formula is C20H19N3O2. The van der Waals surface area contributed by atoms with Crippen LogP contribution >= 0.6 is 0 Å². The SMILES string of the molecule is C[C@@H](c1cccc2ccccc12)N(C)C(=O)C(=O)Nc1cccnc1. The minimum Gasteiger partial charge on any atom is -0.331 e. The van der Waals surface area contributed by atoms with Crippen LogP contribution in [0.4, 0.5) is 5.69 Å². The van der Waals surface area contributed by atoms with Crippen molar-refractivity contribution in [1.82, 2.24) is 9.88 Å². The predicted molar refractivity (Wildman–Crippen MR) is 98.0 cm³/mol. The van der Waals surface area contributed by atoms with Gasteiger partial charge in [0.25, 0.3) is 0 Å². The molecule has 0 fully saturated rings. The first-order valence-electron chi connectivity index (χ1n) is 8.04. The van der Waals surface area contributed by atoms with E-state index in [9.17, 15) is 9.59 Å². The maximum absolute atomic E-state index is 12.5. The third-order valence-corrected chi connectivity index (χ3v) is 4.29. The normalized spacial score (nSPS) is 11.8. The number of carbonyl (C=O) groups is 2. The van der Waals surface area contributed by atoms with E-state index in [0.29, 0.717) is 5.69 Å². The van der Waals surface area contributed by atoms with Crippen LogP contribution in [0.3, 0.4) is 0 Å². The summed E-state index contributed by atoms with van der Waals surface area (Å²) in [4.78, 5) is 30.1. The Morgan fingerprint density at radius 3 is 2.56 bits per heavy atom. The number of amides is 2. The summed E-state index contributed by atoms with van der Waals surface area (Å²) < 4.78 is 0. The highest BCUT2D eigenvalue weighted by Crippen LogP contribution is 2.27. The van der Waals surface area contributed by atoms with Crippen LogP contribution in [-0.2, 0) is 9.59 Å². The molecule has 1 heterocycles. The molecule has 0 saturated heterocycles. The van der Waals surface area contributed by atoms with Gasteiger partial charge in [-0.15, -0.1) is 0 Å². The number of hydrogen-bond donors (Lipinski definition) is 1. The number of fused-ring (bicyclic) bond motifs is 1. The number of carbonyl (C=O) groups excluding carboxylic acids is 2. The van der Waals surface area contributed by atoms with Gasteiger partial charge in [0.05, 0.1) is 17.9 Å². The van der Waals surface area contributed by atoms with Gasteiger partial charge in [-0.3, -0.25) is 14.6 Å². The van der Waals surface area contributed by atoms with E-state index in [1.54, 1.807) is 25.4 Å². The maximum atomic E-state index is 12.5. The van der Waals surface area contributed by atoms with Crippen molar-refractivity contribution < 1.29 is 9.59 Å². The molecule has 1 atom stereocenters. The highest BCUT2D eigenvalue weighted by Gasteiger charge is 2.24. The summed E-state index contributed by atoms with van der Waals surface area (Å²) in [6.45, 7) is 1.91. The topological polar surface area (TPSA) is 62.3 Å². The van der Waals surface area contributed by atoms with E-state index in [2.05, 4.69) is 10.3 Å². The molecule has 0 saturated carbocycles. The monoisotopic (exact) mass is 333 g/mol. The summed E-state index contributed by atoms with van der Waals surface area (Å²) in [5.74, 6) is -1.27. The summed E-state index contributed by atoms with van der Waals surface area (Å²) in [7, 11) is 1.64. The van der Waals surface area contributed by atoms with Gasteiger partial charge in [-0.1, -0.05) is 42.5 Å². The Balaban J connectivity index is 1.80. The number of nitrogens with zero attached hydrogens (tertiary/aromatic N) is 2. The quantitative estimate of drug-likeness (QED) is 0.747. The van der Waals surface area contributed by atoms with Gasteiger partial charge < -0.3 is 10.2 Å². The molecule has 0 spiro atoms. The Kier molecular flexibility index (Phi) is 4.75. The summed E-state index contributed by atoms with van der Waals surface area (Å²) >= 11 is 0. The van der Waals surface area contributed by atoms with Crippen molar-refractivity contribution in [2.45, 2.75) is 13.0 Å². The molecule has 0 aliphatic heterocycles. The zero-order valence-electron chi connectivity index (χ0n) is 14.1. The van der Waals surface area contributed by atoms with Crippen LogP contribution in [0.2, 0.25) is 0 Å². The maximum Gasteiger partial charge on any atom is 0.313 e. The lowest BCUT2D eigenvalue weighted by atomic mass is 9.99. The number of pyridine rings is 1. The molecule has 2 aromatic carbocycles. The third-order valence-electron chi connectivity index (χ3n) is 4.29. The second-order valence-electron chi connectivity index (χ2n) is 5.86. The van der Waals surface area contributed by atoms with E-state index in [4.69, 9.17) is 0 Å². The number of rotatable bonds is 3. The second-order valence-corrected chi connectivity index (χ2v) is 5.86. The van der Waals surface area contributed by atoms with Gasteiger partial charge in [0.1, 0.15) is 0 Å². The Labute approximate surface area is 146 Å². The number of nitrogens with one attached hydrogen (secondary N) is 1. The van der Waals surface area contributed by atoms with E-state index in [0.717, 1.165) is 16.3 Å². The van der Waals surface area contributed by atoms with Crippen molar-refractivity contribution in [3.63, 3.8) is 0 Å². The van der Waals surface area contributed by atoms with Crippen LogP contribution in [0.15, 0.2) is 67.0 Å². The lowest BCUT2D eigenvalue weighted by molar-refractivity contribution is -0.143. The van der Waals surface area contributed by atoms with Crippen LogP contribution < -0.4 is 5.32 Å². The molecule has 1 N–H and O–H groups in total. The molecule has 126 valence electrons. The first-order valence-corrected chi connectivity index (χ1v) is 8.04. The standard InChI is InChI=1S/C20H19N3O2/c1-14(17-11-5-8-15-7-3-4-10-18(15)17)23(2)20(25)19(24)22-16-9-6-12-21-13-16/h3-14H,1-2H3,(H,22,24)/t14-/m0/s1. The zero-order valence-corrected chi connectivity index (χ0v) is 14.1. The van der Waals surface area contributed by atoms with Gasteiger partial charge in [-0.05, 0) is 35.4 Å². The molecule has 0 aliphatic rings. The second kappa shape index (κ2) is 7.13. The highest BCUT2D eigenvalue weighted by atomic mass is 16.2. The Bertz CT molecular complexity index is 904. The number of anilines is 1. The van der Waals surface area contributed by atoms with Crippen molar-refractivity contribution >= 4 is 28.3 Å². The summed E-state index contributed by atoms with van der Waals surface area (Å²) in [6, 6.07) is 17.1. The Morgan fingerprint density at radius 1 is 1.04 bits per heavy atom. The molecule has 2 amide bonds. The number of hydrogen-bond acceptors (Lipinski definition) is 3. The molecule has 3 rings (SSSR count). The van der Waals surface area contributed by atoms with E-state index in [1.165, 1.54) is 11.1 Å². The molecule has 25 heavy (non-hydrogen) atoms. The van der Waals surface area contributed by atoms with Crippen LogP contribution in [0, 0.1) is 0 Å². The first-order chi connectivity index (χ1) is 12.1. The number of benzene rings is 2. The van der Waals surface area contributed by atoms with E-state index in [1.807, 2.05) is 49.4 Å². The molecule has 5 nitrogen and oxygen atoms in total. The molecule has 0 radical (unpaired) electrons. The smallest absolute Gasteiger partial charge is 0.313 e. The fraction of sp³-hybridized carbons (Fsp3) is 0.150. The minimum absolute atomic E-state index is 0.238. The lowest BCUT2D eigenvalue weighted by Gasteiger charge is -2.25. The molecule has 3 aromatic rings. The molecule has 5 heteroatoms. The van der Waals surface area contributed by atoms with Crippen LogP contribution in [-0.4, -0.2) is 28.7 Å². The molecular weight excluding hydrogens is 314 g/mol. The van der Waals surface area contributed by atoms with E-state index in [-0.39, 0.29) is 6.04 Å². The van der Waals surface area contributed by atoms with Crippen molar-refractivity contribution in [2.75, 3.05) is 12.4 Å². The van der Waals surface area contributed by atoms with Crippen molar-refractivity contribution in [3.05, 3.63) is 72.6 Å². The third kappa shape index (κ3) is 3.50. The Hall–Kier alpha value is -3.21. The van der Waals surface area contributed by atoms with Gasteiger partial charge in [0.15, 0.2) is 0 Å². The average Bonchev–Trinajstić information content (AvgIpc) is 2.66. The zero-order chi connectivity index (χ0) is 17.8. The number of aromatic nitrogens is 1. The van der Waals surface area contributed by atoms with Crippen LogP contribution in [0.25, 0.3) is 10.8 Å².